The fourth-order valence-corrected chi connectivity index (χ4v) is 5.38. The van der Waals surface area contributed by atoms with Crippen LogP contribution in [0, 0.1) is 5.92 Å². The Kier molecular flexibility index (Phi) is 6.88. The van der Waals surface area contributed by atoms with E-state index in [1.807, 2.05) is 6.08 Å². The maximum Gasteiger partial charge on any atom is 0.247 e. The number of nitrogens with zero attached hydrogens (tertiary/aromatic N) is 1. The van der Waals surface area contributed by atoms with E-state index in [4.69, 9.17) is 0 Å². The van der Waals surface area contributed by atoms with Gasteiger partial charge in [-0.25, -0.2) is 0 Å². The topological polar surface area (TPSA) is 32.3 Å². The Morgan fingerprint density at radius 1 is 1.04 bits per heavy atom. The zero-order chi connectivity index (χ0) is 15.9. The quantitative estimate of drug-likeness (QED) is 0.772. The van der Waals surface area contributed by atoms with Gasteiger partial charge in [-0.2, -0.15) is 11.8 Å². The third-order valence-corrected chi connectivity index (χ3v) is 6.91. The Morgan fingerprint density at radius 3 is 2.57 bits per heavy atom. The van der Waals surface area contributed by atoms with Crippen molar-refractivity contribution in [3.63, 3.8) is 0 Å². The highest BCUT2D eigenvalue weighted by molar-refractivity contribution is 8.00. The van der Waals surface area contributed by atoms with E-state index >= 15 is 0 Å². The number of allylic oxidation sites excluding steroid dienone is 1. The highest BCUT2D eigenvalue weighted by Gasteiger charge is 2.28. The molecule has 1 N–H and O–H groups in total. The number of rotatable bonds is 5. The van der Waals surface area contributed by atoms with Crippen molar-refractivity contribution in [1.29, 1.82) is 0 Å². The molecule has 130 valence electrons. The molecule has 0 spiro atoms. The lowest BCUT2D eigenvalue weighted by molar-refractivity contribution is -0.129. The first kappa shape index (κ1) is 17.3. The van der Waals surface area contributed by atoms with Crippen molar-refractivity contribution in [3.05, 3.63) is 12.2 Å². The minimum Gasteiger partial charge on any atom is -0.323 e. The summed E-state index contributed by atoms with van der Waals surface area (Å²) in [5.41, 5.74) is 0. The summed E-state index contributed by atoms with van der Waals surface area (Å²) in [6.07, 6.45) is 17.1. The van der Waals surface area contributed by atoms with E-state index in [1.54, 1.807) is 0 Å². The first-order valence-electron chi connectivity index (χ1n) is 9.67. The Balaban J connectivity index is 1.60. The molecule has 3 aliphatic rings. The molecule has 3 rings (SSSR count). The lowest BCUT2D eigenvalue weighted by atomic mass is 9.89. The van der Waals surface area contributed by atoms with E-state index < -0.39 is 0 Å². The summed E-state index contributed by atoms with van der Waals surface area (Å²) in [6.45, 7) is 1.98. The monoisotopic (exact) mass is 336 g/mol. The maximum absolute atomic E-state index is 12.9. The first-order valence-corrected chi connectivity index (χ1v) is 10.7. The number of hydrogen-bond donors (Lipinski definition) is 1. The normalized spacial score (nSPS) is 29.9. The number of hydrogen-bond acceptors (Lipinski definition) is 3. The summed E-state index contributed by atoms with van der Waals surface area (Å²) in [6, 6.07) is 0. The fourth-order valence-electron chi connectivity index (χ4n) is 4.12. The molecular formula is C19H32N2OS. The van der Waals surface area contributed by atoms with Crippen molar-refractivity contribution in [1.82, 2.24) is 10.2 Å². The molecule has 0 radical (unpaired) electrons. The summed E-state index contributed by atoms with van der Waals surface area (Å²) in [5.74, 6) is 2.14. The van der Waals surface area contributed by atoms with Crippen LogP contribution in [-0.4, -0.2) is 41.1 Å². The second-order valence-electron chi connectivity index (χ2n) is 7.35. The molecule has 0 aromatic carbocycles. The molecule has 1 aliphatic carbocycles. The minimum absolute atomic E-state index is 0.238. The summed E-state index contributed by atoms with van der Waals surface area (Å²) in [7, 11) is 0. The van der Waals surface area contributed by atoms with Crippen LogP contribution in [0.3, 0.4) is 0 Å². The molecule has 2 aliphatic heterocycles. The molecule has 23 heavy (non-hydrogen) atoms. The molecule has 0 aromatic heterocycles. The van der Waals surface area contributed by atoms with Gasteiger partial charge in [0.15, 0.2) is 0 Å². The Hall–Kier alpha value is -0.480. The lowest BCUT2D eigenvalue weighted by Gasteiger charge is -2.36. The Labute approximate surface area is 145 Å². The molecule has 2 heterocycles. The third kappa shape index (κ3) is 5.25. The largest absolute Gasteiger partial charge is 0.323 e. The van der Waals surface area contributed by atoms with Gasteiger partial charge in [-0.1, -0.05) is 25.3 Å². The van der Waals surface area contributed by atoms with Crippen LogP contribution < -0.4 is 5.32 Å². The molecule has 3 fully saturated rings. The molecule has 2 saturated heterocycles. The van der Waals surface area contributed by atoms with E-state index in [0.717, 1.165) is 19.5 Å². The van der Waals surface area contributed by atoms with Crippen molar-refractivity contribution in [2.45, 2.75) is 75.6 Å². The number of amides is 1. The number of carbonyl (C=O) groups excluding carboxylic acids is 1. The predicted molar refractivity (Wildman–Crippen MR) is 98.5 cm³/mol. The van der Waals surface area contributed by atoms with Gasteiger partial charge in [0.25, 0.3) is 0 Å². The van der Waals surface area contributed by atoms with E-state index in [1.165, 1.54) is 63.5 Å². The van der Waals surface area contributed by atoms with Crippen molar-refractivity contribution in [3.8, 4) is 0 Å². The van der Waals surface area contributed by atoms with E-state index in [0.29, 0.717) is 11.2 Å². The molecule has 4 heteroatoms. The average molecular weight is 337 g/mol. The van der Waals surface area contributed by atoms with Gasteiger partial charge in [0.2, 0.25) is 5.91 Å². The average Bonchev–Trinajstić information content (AvgIpc) is 3.12. The van der Waals surface area contributed by atoms with Gasteiger partial charge in [0.1, 0.15) is 0 Å². The van der Waals surface area contributed by atoms with Gasteiger partial charge in [-0.15, -0.1) is 0 Å². The molecular weight excluding hydrogens is 304 g/mol. The van der Waals surface area contributed by atoms with Crippen molar-refractivity contribution < 1.29 is 4.79 Å². The van der Waals surface area contributed by atoms with Gasteiger partial charge >= 0.3 is 0 Å². The van der Waals surface area contributed by atoms with Crippen LogP contribution in [0.15, 0.2) is 12.2 Å². The standard InChI is InChI=1S/C19H32N2OS/c22-19(12-11-16-7-2-1-3-8-16)21(15-17-9-6-14-23-17)18-10-4-5-13-20-18/h11-12,16-18,20H,1-10,13-15H2/b12-11+. The molecule has 3 nitrogen and oxygen atoms in total. The molecule has 0 aromatic rings. The number of carbonyl (C=O) groups is 1. The SMILES string of the molecule is O=C(/C=C/C1CCCCC1)N(CC1CCCS1)C1CCCCN1. The fraction of sp³-hybridized carbons (Fsp3) is 0.842. The van der Waals surface area contributed by atoms with Gasteiger partial charge in [-0.05, 0) is 69.2 Å². The van der Waals surface area contributed by atoms with Crippen LogP contribution >= 0.6 is 11.8 Å². The van der Waals surface area contributed by atoms with E-state index in [-0.39, 0.29) is 12.1 Å². The summed E-state index contributed by atoms with van der Waals surface area (Å²) in [4.78, 5) is 15.0. The zero-order valence-corrected chi connectivity index (χ0v) is 15.2. The van der Waals surface area contributed by atoms with Crippen LogP contribution in [0.2, 0.25) is 0 Å². The van der Waals surface area contributed by atoms with Crippen molar-refractivity contribution in [2.75, 3.05) is 18.8 Å². The zero-order valence-electron chi connectivity index (χ0n) is 14.3. The lowest BCUT2D eigenvalue weighted by Crippen LogP contribution is -2.52. The molecule has 1 saturated carbocycles. The minimum atomic E-state index is 0.238. The molecule has 2 atom stereocenters. The number of thioether (sulfide) groups is 1. The van der Waals surface area contributed by atoms with Crippen LogP contribution in [-0.2, 0) is 4.79 Å². The number of piperidine rings is 1. The summed E-state index contributed by atoms with van der Waals surface area (Å²) < 4.78 is 0. The summed E-state index contributed by atoms with van der Waals surface area (Å²) >= 11 is 2.05. The Bertz CT molecular complexity index is 394. The van der Waals surface area contributed by atoms with Gasteiger partial charge in [0, 0.05) is 11.8 Å². The van der Waals surface area contributed by atoms with E-state index in [2.05, 4.69) is 28.1 Å². The van der Waals surface area contributed by atoms with Crippen molar-refractivity contribution >= 4 is 17.7 Å². The van der Waals surface area contributed by atoms with Gasteiger partial charge in [-0.3, -0.25) is 10.1 Å². The van der Waals surface area contributed by atoms with Gasteiger partial charge < -0.3 is 4.90 Å². The molecule has 0 bridgehead atoms. The number of nitrogens with one attached hydrogen (secondary N) is 1. The molecule has 2 unspecified atom stereocenters. The van der Waals surface area contributed by atoms with Crippen LogP contribution in [0.25, 0.3) is 0 Å². The highest BCUT2D eigenvalue weighted by Crippen LogP contribution is 2.28. The van der Waals surface area contributed by atoms with Crippen LogP contribution in [0.4, 0.5) is 0 Å². The maximum atomic E-state index is 12.9. The summed E-state index contributed by atoms with van der Waals surface area (Å²) in [5, 5.41) is 4.22. The van der Waals surface area contributed by atoms with Crippen LogP contribution in [0.1, 0.15) is 64.2 Å². The van der Waals surface area contributed by atoms with Crippen LogP contribution in [0.5, 0.6) is 0 Å². The second kappa shape index (κ2) is 9.12. The second-order valence-corrected chi connectivity index (χ2v) is 8.76. The predicted octanol–water partition coefficient (Wildman–Crippen LogP) is 3.95. The first-order chi connectivity index (χ1) is 11.3. The van der Waals surface area contributed by atoms with E-state index in [9.17, 15) is 4.79 Å². The molecule has 1 amide bonds. The Morgan fingerprint density at radius 2 is 1.87 bits per heavy atom. The highest BCUT2D eigenvalue weighted by atomic mass is 32.2. The smallest absolute Gasteiger partial charge is 0.247 e. The third-order valence-electron chi connectivity index (χ3n) is 5.53. The van der Waals surface area contributed by atoms with Gasteiger partial charge in [0.05, 0.1) is 6.17 Å². The van der Waals surface area contributed by atoms with Crippen molar-refractivity contribution in [2.24, 2.45) is 5.92 Å².